The molecule has 5 rings (SSSR count). The van der Waals surface area contributed by atoms with Crippen LogP contribution in [0.15, 0.2) is 48.7 Å². The second-order valence-electron chi connectivity index (χ2n) is 9.43. The Balaban J connectivity index is 1.47. The Bertz CT molecular complexity index is 871. The lowest BCUT2D eigenvalue weighted by Crippen LogP contribution is -2.62. The van der Waals surface area contributed by atoms with Crippen LogP contribution < -0.4 is 4.74 Å². The number of hydrogen-bond donors (Lipinski definition) is 1. The molecule has 1 saturated heterocycles. The van der Waals surface area contributed by atoms with E-state index in [1.807, 2.05) is 18.2 Å². The maximum Gasteiger partial charge on any atom is 0.213 e. The Hall–Kier alpha value is -1.95. The van der Waals surface area contributed by atoms with Gasteiger partial charge in [-0.25, -0.2) is 4.98 Å². The molecule has 2 aliphatic heterocycles. The van der Waals surface area contributed by atoms with Gasteiger partial charge in [0.1, 0.15) is 11.7 Å². The number of nitrogens with zero attached hydrogens (tertiary/aromatic N) is 2. The van der Waals surface area contributed by atoms with Crippen LogP contribution in [0.4, 0.5) is 0 Å². The van der Waals surface area contributed by atoms with E-state index in [0.717, 1.165) is 32.4 Å². The van der Waals surface area contributed by atoms with Gasteiger partial charge in [0.05, 0.1) is 18.2 Å². The zero-order chi connectivity index (χ0) is 20.1. The van der Waals surface area contributed by atoms with E-state index in [-0.39, 0.29) is 23.7 Å². The van der Waals surface area contributed by atoms with Crippen molar-refractivity contribution in [3.8, 4) is 5.88 Å². The summed E-state index contributed by atoms with van der Waals surface area (Å²) in [6.07, 6.45) is 4.30. The van der Waals surface area contributed by atoms with Crippen LogP contribution in [0.5, 0.6) is 5.88 Å². The molecular weight excluding hydrogens is 364 g/mol. The van der Waals surface area contributed by atoms with E-state index in [1.165, 1.54) is 11.1 Å². The van der Waals surface area contributed by atoms with Gasteiger partial charge in [-0.05, 0) is 56.2 Å². The summed E-state index contributed by atoms with van der Waals surface area (Å²) >= 11 is 0. The first kappa shape index (κ1) is 19.0. The van der Waals surface area contributed by atoms with Crippen molar-refractivity contribution in [3.63, 3.8) is 0 Å². The van der Waals surface area contributed by atoms with Crippen molar-refractivity contribution in [2.24, 2.45) is 5.92 Å². The van der Waals surface area contributed by atoms with Gasteiger partial charge < -0.3 is 14.6 Å². The third kappa shape index (κ3) is 3.45. The van der Waals surface area contributed by atoms with Gasteiger partial charge in [-0.3, -0.25) is 4.90 Å². The number of fused-ring (bicyclic) bond motifs is 2. The van der Waals surface area contributed by atoms with Crippen LogP contribution in [0.1, 0.15) is 37.8 Å². The SMILES string of the molecule is CC1(C)C[C@H]2C[C@@H](Oc3ccccn3)[C@H](N3CCc4ccccc4C3)[C@]2(O)CO1. The van der Waals surface area contributed by atoms with E-state index in [4.69, 9.17) is 9.47 Å². The maximum atomic E-state index is 11.9. The average Bonchev–Trinajstić information content (AvgIpc) is 2.99. The maximum absolute atomic E-state index is 11.9. The van der Waals surface area contributed by atoms with Crippen molar-refractivity contribution in [3.05, 3.63) is 59.8 Å². The molecule has 1 aromatic carbocycles. The first-order valence-electron chi connectivity index (χ1n) is 10.7. The van der Waals surface area contributed by atoms with Crippen LogP contribution in [-0.4, -0.2) is 51.5 Å². The molecule has 1 aromatic heterocycles. The van der Waals surface area contributed by atoms with Crippen LogP contribution in [0.2, 0.25) is 0 Å². The lowest BCUT2D eigenvalue weighted by molar-refractivity contribution is -0.198. The fourth-order valence-electron chi connectivity index (χ4n) is 5.59. The molecule has 0 bridgehead atoms. The molecule has 3 aliphatic rings. The third-order valence-electron chi connectivity index (χ3n) is 6.98. The highest BCUT2D eigenvalue weighted by Crippen LogP contribution is 2.49. The van der Waals surface area contributed by atoms with Crippen molar-refractivity contribution >= 4 is 0 Å². The molecule has 0 amide bonds. The minimum absolute atomic E-state index is 0.109. The molecule has 3 heterocycles. The standard InChI is InChI=1S/C24H30N2O3/c1-23(2)14-19-13-20(29-21-9-5-6-11-25-21)22(24(19,27)16-28-23)26-12-10-17-7-3-4-8-18(17)15-26/h3-9,11,19-20,22,27H,10,12-16H2,1-2H3/t19-,20-,22+,24+/m1/s1. The summed E-state index contributed by atoms with van der Waals surface area (Å²) in [6, 6.07) is 14.2. The van der Waals surface area contributed by atoms with E-state index in [2.05, 4.69) is 48.0 Å². The molecule has 1 saturated carbocycles. The van der Waals surface area contributed by atoms with Gasteiger partial charge in [0.15, 0.2) is 0 Å². The molecule has 1 N–H and O–H groups in total. The highest BCUT2D eigenvalue weighted by atomic mass is 16.5. The number of pyridine rings is 1. The second-order valence-corrected chi connectivity index (χ2v) is 9.43. The lowest BCUT2D eigenvalue weighted by atomic mass is 9.78. The zero-order valence-electron chi connectivity index (χ0n) is 17.3. The van der Waals surface area contributed by atoms with Crippen LogP contribution in [0.3, 0.4) is 0 Å². The number of ether oxygens (including phenoxy) is 2. The molecule has 4 atom stereocenters. The van der Waals surface area contributed by atoms with Gasteiger partial charge in [0, 0.05) is 25.4 Å². The van der Waals surface area contributed by atoms with Crippen molar-refractivity contribution in [2.75, 3.05) is 13.2 Å². The van der Waals surface area contributed by atoms with E-state index < -0.39 is 5.60 Å². The van der Waals surface area contributed by atoms with E-state index in [1.54, 1.807) is 6.20 Å². The molecule has 29 heavy (non-hydrogen) atoms. The Kier molecular flexibility index (Phi) is 4.65. The van der Waals surface area contributed by atoms with Crippen molar-refractivity contribution in [1.29, 1.82) is 0 Å². The van der Waals surface area contributed by atoms with E-state index >= 15 is 0 Å². The second kappa shape index (κ2) is 7.08. The molecule has 0 spiro atoms. The third-order valence-corrected chi connectivity index (χ3v) is 6.98. The summed E-state index contributed by atoms with van der Waals surface area (Å²) < 4.78 is 12.5. The molecule has 5 nitrogen and oxygen atoms in total. The minimum Gasteiger partial charge on any atom is -0.473 e. The fourth-order valence-corrected chi connectivity index (χ4v) is 5.59. The fraction of sp³-hybridized carbons (Fsp3) is 0.542. The summed E-state index contributed by atoms with van der Waals surface area (Å²) in [4.78, 5) is 6.79. The largest absolute Gasteiger partial charge is 0.473 e. The molecule has 1 aliphatic carbocycles. The molecule has 5 heteroatoms. The summed E-state index contributed by atoms with van der Waals surface area (Å²) in [6.45, 7) is 6.34. The first-order valence-corrected chi connectivity index (χ1v) is 10.7. The van der Waals surface area contributed by atoms with Crippen molar-refractivity contribution < 1.29 is 14.6 Å². The van der Waals surface area contributed by atoms with Gasteiger partial charge in [0.25, 0.3) is 0 Å². The molecule has 0 radical (unpaired) electrons. The Labute approximate surface area is 172 Å². The monoisotopic (exact) mass is 394 g/mol. The summed E-state index contributed by atoms with van der Waals surface area (Å²) in [5, 5.41) is 11.9. The lowest BCUT2D eigenvalue weighted by Gasteiger charge is -2.48. The Morgan fingerprint density at radius 2 is 1.93 bits per heavy atom. The van der Waals surface area contributed by atoms with Gasteiger partial charge in [0.2, 0.25) is 5.88 Å². The quantitative estimate of drug-likeness (QED) is 0.866. The number of benzene rings is 1. The van der Waals surface area contributed by atoms with Gasteiger partial charge in [-0.1, -0.05) is 30.3 Å². The molecule has 2 aromatic rings. The topological polar surface area (TPSA) is 54.8 Å². The van der Waals surface area contributed by atoms with E-state index in [0.29, 0.717) is 12.5 Å². The van der Waals surface area contributed by atoms with Gasteiger partial charge in [-0.2, -0.15) is 0 Å². The summed E-state index contributed by atoms with van der Waals surface area (Å²) in [5.74, 6) is 0.782. The smallest absolute Gasteiger partial charge is 0.213 e. The molecule has 0 unspecified atom stereocenters. The van der Waals surface area contributed by atoms with Crippen LogP contribution >= 0.6 is 0 Å². The zero-order valence-corrected chi connectivity index (χ0v) is 17.3. The predicted octanol–water partition coefficient (Wildman–Crippen LogP) is 3.21. The number of hydrogen-bond acceptors (Lipinski definition) is 5. The first-order chi connectivity index (χ1) is 13.9. The predicted molar refractivity (Wildman–Crippen MR) is 111 cm³/mol. The minimum atomic E-state index is -0.902. The average molecular weight is 395 g/mol. The summed E-state index contributed by atoms with van der Waals surface area (Å²) in [5.41, 5.74) is 1.64. The highest BCUT2D eigenvalue weighted by molar-refractivity contribution is 5.30. The Morgan fingerprint density at radius 1 is 1.14 bits per heavy atom. The highest BCUT2D eigenvalue weighted by Gasteiger charge is 2.61. The van der Waals surface area contributed by atoms with Gasteiger partial charge >= 0.3 is 0 Å². The number of aliphatic hydroxyl groups is 1. The van der Waals surface area contributed by atoms with Crippen LogP contribution in [-0.2, 0) is 17.7 Å². The van der Waals surface area contributed by atoms with Crippen LogP contribution in [0, 0.1) is 5.92 Å². The normalized spacial score (nSPS) is 33.7. The number of rotatable bonds is 3. The number of aromatic nitrogens is 1. The van der Waals surface area contributed by atoms with E-state index in [9.17, 15) is 5.11 Å². The van der Waals surface area contributed by atoms with Crippen molar-refractivity contribution in [1.82, 2.24) is 9.88 Å². The van der Waals surface area contributed by atoms with Crippen molar-refractivity contribution in [2.45, 2.75) is 63.0 Å². The molecule has 2 fully saturated rings. The molecule has 154 valence electrons. The van der Waals surface area contributed by atoms with Crippen LogP contribution in [0.25, 0.3) is 0 Å². The summed E-state index contributed by atoms with van der Waals surface area (Å²) in [7, 11) is 0. The molecular formula is C24H30N2O3. The van der Waals surface area contributed by atoms with Gasteiger partial charge in [-0.15, -0.1) is 0 Å². The Morgan fingerprint density at radius 3 is 2.72 bits per heavy atom.